The van der Waals surface area contributed by atoms with Crippen molar-refractivity contribution in [2.75, 3.05) is 0 Å². The fourth-order valence-electron chi connectivity index (χ4n) is 3.14. The van der Waals surface area contributed by atoms with Crippen LogP contribution < -0.4 is 0 Å². The molecule has 26 heavy (non-hydrogen) atoms. The molecule has 0 aliphatic carbocycles. The molecular formula is C23H18ClNO. The van der Waals surface area contributed by atoms with Crippen LogP contribution in [0, 0.1) is 11.3 Å². The van der Waals surface area contributed by atoms with Crippen molar-refractivity contribution in [2.24, 2.45) is 0 Å². The van der Waals surface area contributed by atoms with Crippen LogP contribution in [-0.2, 0) is 0 Å². The maximum absolute atomic E-state index is 12.8. The molecule has 128 valence electrons. The van der Waals surface area contributed by atoms with Gasteiger partial charge in [0.2, 0.25) is 0 Å². The molecule has 0 aromatic heterocycles. The highest BCUT2D eigenvalue weighted by Gasteiger charge is 2.27. The van der Waals surface area contributed by atoms with Crippen LogP contribution in [0.4, 0.5) is 0 Å². The Bertz CT molecular complexity index is 898. The van der Waals surface area contributed by atoms with Gasteiger partial charge in [0.05, 0.1) is 12.0 Å². The lowest BCUT2D eigenvalue weighted by Crippen LogP contribution is -2.15. The summed E-state index contributed by atoms with van der Waals surface area (Å²) in [7, 11) is 0. The Morgan fingerprint density at radius 1 is 0.846 bits per heavy atom. The van der Waals surface area contributed by atoms with E-state index in [-0.39, 0.29) is 18.1 Å². The van der Waals surface area contributed by atoms with Gasteiger partial charge in [0.15, 0.2) is 5.78 Å². The third-order valence-corrected chi connectivity index (χ3v) is 4.75. The number of ketones is 1. The second-order valence-corrected chi connectivity index (χ2v) is 6.61. The molecule has 0 radical (unpaired) electrons. The van der Waals surface area contributed by atoms with Crippen molar-refractivity contribution in [3.8, 4) is 6.07 Å². The van der Waals surface area contributed by atoms with E-state index in [0.29, 0.717) is 10.6 Å². The number of carbonyl (C=O) groups excluding carboxylic acids is 1. The number of nitrogens with zero attached hydrogens (tertiary/aromatic N) is 1. The molecule has 2 nitrogen and oxygen atoms in total. The minimum absolute atomic E-state index is 0.0294. The molecule has 2 atom stereocenters. The van der Waals surface area contributed by atoms with Crippen molar-refractivity contribution in [1.82, 2.24) is 0 Å². The molecule has 0 saturated carbocycles. The van der Waals surface area contributed by atoms with Gasteiger partial charge in [-0.1, -0.05) is 84.4 Å². The number of carbonyl (C=O) groups is 1. The Labute approximate surface area is 158 Å². The molecule has 0 fully saturated rings. The summed E-state index contributed by atoms with van der Waals surface area (Å²) >= 11 is 6.02. The van der Waals surface area contributed by atoms with Crippen molar-refractivity contribution >= 4 is 17.4 Å². The SMILES string of the molecule is N#C[C@@H](c1ccccc1)[C@H](CC(=O)c1ccccc1)c1ccc(Cl)cc1. The van der Waals surface area contributed by atoms with Gasteiger partial charge in [-0.3, -0.25) is 4.79 Å². The van der Waals surface area contributed by atoms with Crippen LogP contribution in [0.2, 0.25) is 5.02 Å². The second-order valence-electron chi connectivity index (χ2n) is 6.17. The molecule has 0 bridgehead atoms. The van der Waals surface area contributed by atoms with E-state index in [0.717, 1.165) is 11.1 Å². The van der Waals surface area contributed by atoms with Crippen molar-refractivity contribution in [3.63, 3.8) is 0 Å². The smallest absolute Gasteiger partial charge is 0.163 e. The normalized spacial score (nSPS) is 12.8. The largest absolute Gasteiger partial charge is 0.294 e. The lowest BCUT2D eigenvalue weighted by atomic mass is 9.78. The van der Waals surface area contributed by atoms with E-state index in [1.54, 1.807) is 12.1 Å². The monoisotopic (exact) mass is 359 g/mol. The standard InChI is InChI=1S/C23H18ClNO/c24-20-13-11-18(12-14-20)21(15-23(26)19-9-5-2-6-10-19)22(16-25)17-7-3-1-4-8-17/h1-14,21-22H,15H2/t21-,22+/m1/s1. The van der Waals surface area contributed by atoms with Crippen LogP contribution in [-0.4, -0.2) is 5.78 Å². The average molecular weight is 360 g/mol. The Hall–Kier alpha value is -2.89. The van der Waals surface area contributed by atoms with Gasteiger partial charge in [-0.15, -0.1) is 0 Å². The number of nitriles is 1. The Morgan fingerprint density at radius 2 is 1.42 bits per heavy atom. The fraction of sp³-hybridized carbons (Fsp3) is 0.130. The molecule has 3 heteroatoms. The van der Waals surface area contributed by atoms with Gasteiger partial charge >= 0.3 is 0 Å². The molecule has 3 aromatic rings. The molecule has 0 aliphatic rings. The molecule has 3 aromatic carbocycles. The lowest BCUT2D eigenvalue weighted by Gasteiger charge is -2.22. The van der Waals surface area contributed by atoms with Gasteiger partial charge in [-0.25, -0.2) is 0 Å². The van der Waals surface area contributed by atoms with E-state index in [2.05, 4.69) is 6.07 Å². The molecule has 0 saturated heterocycles. The number of rotatable bonds is 6. The van der Waals surface area contributed by atoms with Crippen LogP contribution in [0.5, 0.6) is 0 Å². The highest BCUT2D eigenvalue weighted by atomic mass is 35.5. The predicted octanol–water partition coefficient (Wildman–Crippen LogP) is 6.00. The van der Waals surface area contributed by atoms with Crippen molar-refractivity contribution in [1.29, 1.82) is 5.26 Å². The summed E-state index contributed by atoms with van der Waals surface area (Å²) in [5.41, 5.74) is 2.51. The number of hydrogen-bond donors (Lipinski definition) is 0. The Morgan fingerprint density at radius 3 is 2.00 bits per heavy atom. The maximum atomic E-state index is 12.8. The minimum Gasteiger partial charge on any atom is -0.294 e. The highest BCUT2D eigenvalue weighted by molar-refractivity contribution is 6.30. The molecular weight excluding hydrogens is 342 g/mol. The summed E-state index contributed by atoms with van der Waals surface area (Å²) in [6.07, 6.45) is 0.263. The zero-order chi connectivity index (χ0) is 18.4. The first-order chi connectivity index (χ1) is 12.7. The molecule has 0 heterocycles. The summed E-state index contributed by atoms with van der Waals surface area (Å²) in [4.78, 5) is 12.8. The third-order valence-electron chi connectivity index (χ3n) is 4.50. The number of benzene rings is 3. The first-order valence-corrected chi connectivity index (χ1v) is 8.85. The molecule has 0 spiro atoms. The van der Waals surface area contributed by atoms with Crippen LogP contribution in [0.25, 0.3) is 0 Å². The molecule has 0 unspecified atom stereocenters. The average Bonchev–Trinajstić information content (AvgIpc) is 2.70. The topological polar surface area (TPSA) is 40.9 Å². The van der Waals surface area contributed by atoms with Gasteiger partial charge in [0.25, 0.3) is 0 Å². The van der Waals surface area contributed by atoms with Crippen LogP contribution in [0.3, 0.4) is 0 Å². The van der Waals surface area contributed by atoms with Crippen molar-refractivity contribution in [2.45, 2.75) is 18.3 Å². The molecule has 3 rings (SSSR count). The molecule has 0 N–H and O–H groups in total. The second kappa shape index (κ2) is 8.47. The minimum atomic E-state index is -0.412. The predicted molar refractivity (Wildman–Crippen MR) is 104 cm³/mol. The Balaban J connectivity index is 1.97. The van der Waals surface area contributed by atoms with E-state index in [1.807, 2.05) is 72.8 Å². The Kier molecular flexibility index (Phi) is 5.84. The molecule has 0 amide bonds. The quantitative estimate of drug-likeness (QED) is 0.506. The summed E-state index contributed by atoms with van der Waals surface area (Å²) in [5, 5.41) is 10.5. The summed E-state index contributed by atoms with van der Waals surface area (Å²) < 4.78 is 0. The summed E-state index contributed by atoms with van der Waals surface area (Å²) in [6, 6.07) is 28.6. The maximum Gasteiger partial charge on any atom is 0.163 e. The van der Waals surface area contributed by atoms with Gasteiger partial charge < -0.3 is 0 Å². The van der Waals surface area contributed by atoms with E-state index < -0.39 is 5.92 Å². The van der Waals surface area contributed by atoms with E-state index in [9.17, 15) is 10.1 Å². The van der Waals surface area contributed by atoms with E-state index in [4.69, 9.17) is 11.6 Å². The van der Waals surface area contributed by atoms with E-state index in [1.165, 1.54) is 0 Å². The number of hydrogen-bond acceptors (Lipinski definition) is 2. The summed E-state index contributed by atoms with van der Waals surface area (Å²) in [5.74, 6) is -0.626. The lowest BCUT2D eigenvalue weighted by molar-refractivity contribution is 0.0972. The van der Waals surface area contributed by atoms with Gasteiger partial charge in [0.1, 0.15) is 0 Å². The third kappa shape index (κ3) is 4.20. The number of halogens is 1. The number of Topliss-reactive ketones (excluding diaryl/α,β-unsaturated/α-hetero) is 1. The van der Waals surface area contributed by atoms with Gasteiger partial charge in [-0.05, 0) is 23.3 Å². The van der Waals surface area contributed by atoms with Crippen LogP contribution in [0.1, 0.15) is 39.7 Å². The van der Waals surface area contributed by atoms with Gasteiger partial charge in [-0.2, -0.15) is 5.26 Å². The van der Waals surface area contributed by atoms with Crippen molar-refractivity contribution < 1.29 is 4.79 Å². The molecule has 0 aliphatic heterocycles. The zero-order valence-electron chi connectivity index (χ0n) is 14.2. The van der Waals surface area contributed by atoms with E-state index >= 15 is 0 Å². The van der Waals surface area contributed by atoms with Crippen LogP contribution >= 0.6 is 11.6 Å². The van der Waals surface area contributed by atoms with Gasteiger partial charge in [0, 0.05) is 22.9 Å². The summed E-state index contributed by atoms with van der Waals surface area (Å²) in [6.45, 7) is 0. The highest BCUT2D eigenvalue weighted by Crippen LogP contribution is 2.36. The zero-order valence-corrected chi connectivity index (χ0v) is 14.9. The van der Waals surface area contributed by atoms with Crippen molar-refractivity contribution in [3.05, 3.63) is 107 Å². The fourth-order valence-corrected chi connectivity index (χ4v) is 3.26. The first kappa shape index (κ1) is 17.9. The van der Waals surface area contributed by atoms with Crippen LogP contribution in [0.15, 0.2) is 84.9 Å². The first-order valence-electron chi connectivity index (χ1n) is 8.47.